The van der Waals surface area contributed by atoms with E-state index < -0.39 is 33.8 Å². The molecule has 0 aliphatic heterocycles. The molecule has 0 heterocycles. The van der Waals surface area contributed by atoms with Crippen molar-refractivity contribution in [2.45, 2.75) is 25.8 Å². The highest BCUT2D eigenvalue weighted by Gasteiger charge is 2.18. The van der Waals surface area contributed by atoms with Crippen molar-refractivity contribution < 1.29 is 27.9 Å². The molecular weight excluding hydrogens is 238 g/mol. The van der Waals surface area contributed by atoms with Crippen LogP contribution in [0.25, 0.3) is 0 Å². The maximum Gasteiger partial charge on any atom is 0.306 e. The van der Waals surface area contributed by atoms with Crippen LogP contribution in [0.3, 0.4) is 0 Å². The fourth-order valence-electron chi connectivity index (χ4n) is 0.989. The Bertz CT molecular complexity index is 350. The first-order chi connectivity index (χ1) is 7.26. The Balaban J connectivity index is 4.14. The van der Waals surface area contributed by atoms with Gasteiger partial charge in [-0.3, -0.25) is 9.59 Å². The van der Waals surface area contributed by atoms with Crippen molar-refractivity contribution in [3.05, 3.63) is 0 Å². The highest BCUT2D eigenvalue weighted by atomic mass is 32.2. The molecule has 16 heavy (non-hydrogen) atoms. The summed E-state index contributed by atoms with van der Waals surface area (Å²) >= 11 is 0. The average molecular weight is 253 g/mol. The van der Waals surface area contributed by atoms with Gasteiger partial charge in [0.15, 0.2) is 0 Å². The normalized spacial score (nSPS) is 13.1. The van der Waals surface area contributed by atoms with Crippen molar-refractivity contribution in [2.24, 2.45) is 0 Å². The van der Waals surface area contributed by atoms with Gasteiger partial charge >= 0.3 is 11.9 Å². The number of nitrogens with one attached hydrogen (secondary N) is 1. The van der Waals surface area contributed by atoms with Crippen LogP contribution in [0, 0.1) is 0 Å². The topological polar surface area (TPSA) is 110 Å². The highest BCUT2D eigenvalue weighted by Crippen LogP contribution is 1.97. The SMILES string of the molecule is COC(=O)CCS(=O)(=O)NC(C)CC(=O)O. The summed E-state index contributed by atoms with van der Waals surface area (Å²) in [6.45, 7) is 1.43. The van der Waals surface area contributed by atoms with E-state index in [2.05, 4.69) is 9.46 Å². The first-order valence-electron chi connectivity index (χ1n) is 4.55. The molecule has 2 N–H and O–H groups in total. The Hall–Kier alpha value is -1.15. The number of carboxylic acid groups (broad SMARTS) is 1. The van der Waals surface area contributed by atoms with E-state index in [9.17, 15) is 18.0 Å². The molecule has 0 aromatic rings. The van der Waals surface area contributed by atoms with E-state index in [0.29, 0.717) is 0 Å². The Morgan fingerprint density at radius 3 is 2.44 bits per heavy atom. The van der Waals surface area contributed by atoms with Crippen molar-refractivity contribution in [1.29, 1.82) is 0 Å². The number of hydrogen-bond donors (Lipinski definition) is 2. The highest BCUT2D eigenvalue weighted by molar-refractivity contribution is 7.89. The minimum absolute atomic E-state index is 0.258. The Morgan fingerprint density at radius 1 is 1.44 bits per heavy atom. The quantitative estimate of drug-likeness (QED) is 0.582. The lowest BCUT2D eigenvalue weighted by atomic mass is 10.3. The monoisotopic (exact) mass is 253 g/mol. The van der Waals surface area contributed by atoms with Crippen molar-refractivity contribution in [1.82, 2.24) is 4.72 Å². The summed E-state index contributed by atoms with van der Waals surface area (Å²) in [4.78, 5) is 21.0. The van der Waals surface area contributed by atoms with E-state index in [1.807, 2.05) is 0 Å². The van der Waals surface area contributed by atoms with Crippen LogP contribution in [0.2, 0.25) is 0 Å². The van der Waals surface area contributed by atoms with E-state index in [4.69, 9.17) is 5.11 Å². The Kier molecular flexibility index (Phi) is 5.97. The summed E-state index contributed by atoms with van der Waals surface area (Å²) in [7, 11) is -2.48. The van der Waals surface area contributed by atoms with Gasteiger partial charge in [-0.05, 0) is 6.92 Å². The van der Waals surface area contributed by atoms with Crippen molar-refractivity contribution >= 4 is 22.0 Å². The van der Waals surface area contributed by atoms with Crippen molar-refractivity contribution in [2.75, 3.05) is 12.9 Å². The van der Waals surface area contributed by atoms with E-state index in [0.717, 1.165) is 7.11 Å². The number of sulfonamides is 1. The fraction of sp³-hybridized carbons (Fsp3) is 0.750. The average Bonchev–Trinajstić information content (AvgIpc) is 2.11. The molecule has 0 radical (unpaired) electrons. The molecule has 0 aliphatic carbocycles. The van der Waals surface area contributed by atoms with Crippen LogP contribution in [0.4, 0.5) is 0 Å². The van der Waals surface area contributed by atoms with Gasteiger partial charge < -0.3 is 9.84 Å². The Morgan fingerprint density at radius 2 is 2.00 bits per heavy atom. The standard InChI is InChI=1S/C8H15NO6S/c1-6(5-7(10)11)9-16(13,14)4-3-8(12)15-2/h6,9H,3-5H2,1-2H3,(H,10,11). The lowest BCUT2D eigenvalue weighted by molar-refractivity contribution is -0.140. The molecule has 0 aliphatic rings. The lowest BCUT2D eigenvalue weighted by Crippen LogP contribution is -2.36. The van der Waals surface area contributed by atoms with Gasteiger partial charge in [0.2, 0.25) is 10.0 Å². The van der Waals surface area contributed by atoms with Gasteiger partial charge in [-0.25, -0.2) is 13.1 Å². The summed E-state index contributed by atoms with van der Waals surface area (Å²) < 4.78 is 29.1. The molecule has 8 heteroatoms. The summed E-state index contributed by atoms with van der Waals surface area (Å²) in [5, 5.41) is 8.43. The van der Waals surface area contributed by atoms with Gasteiger partial charge in [0.05, 0.1) is 25.7 Å². The van der Waals surface area contributed by atoms with Crippen LogP contribution in [-0.2, 0) is 24.3 Å². The molecule has 0 spiro atoms. The number of hydrogen-bond acceptors (Lipinski definition) is 5. The zero-order chi connectivity index (χ0) is 12.8. The number of carbonyl (C=O) groups excluding carboxylic acids is 1. The third-order valence-corrected chi connectivity index (χ3v) is 3.17. The van der Waals surface area contributed by atoms with Crippen molar-refractivity contribution in [3.63, 3.8) is 0 Å². The summed E-state index contributed by atoms with van der Waals surface area (Å²) in [6.07, 6.45) is -0.566. The van der Waals surface area contributed by atoms with Gasteiger partial charge in [-0.1, -0.05) is 0 Å². The second kappa shape index (κ2) is 6.44. The second-order valence-corrected chi connectivity index (χ2v) is 5.14. The third kappa shape index (κ3) is 7.18. The van der Waals surface area contributed by atoms with Crippen LogP contribution in [0.5, 0.6) is 0 Å². The minimum atomic E-state index is -3.65. The van der Waals surface area contributed by atoms with Crippen LogP contribution < -0.4 is 4.72 Å². The van der Waals surface area contributed by atoms with Gasteiger partial charge in [0.25, 0.3) is 0 Å². The number of carboxylic acids is 1. The predicted octanol–water partition coefficient (Wildman–Crippen LogP) is -0.668. The summed E-state index contributed by atoms with van der Waals surface area (Å²) in [6, 6.07) is -0.708. The zero-order valence-corrected chi connectivity index (χ0v) is 9.91. The Labute approximate surface area is 93.8 Å². The number of rotatable bonds is 7. The number of aliphatic carboxylic acids is 1. The van der Waals surface area contributed by atoms with Crippen LogP contribution in [0.15, 0.2) is 0 Å². The molecular formula is C8H15NO6S. The zero-order valence-electron chi connectivity index (χ0n) is 9.10. The lowest BCUT2D eigenvalue weighted by Gasteiger charge is -2.11. The van der Waals surface area contributed by atoms with Gasteiger partial charge in [-0.2, -0.15) is 0 Å². The first-order valence-corrected chi connectivity index (χ1v) is 6.20. The van der Waals surface area contributed by atoms with E-state index >= 15 is 0 Å². The predicted molar refractivity (Wildman–Crippen MR) is 55.3 cm³/mol. The second-order valence-electron chi connectivity index (χ2n) is 3.26. The van der Waals surface area contributed by atoms with E-state index in [-0.39, 0.29) is 12.8 Å². The van der Waals surface area contributed by atoms with Gasteiger partial charge in [0.1, 0.15) is 0 Å². The molecule has 1 atom stereocenters. The largest absolute Gasteiger partial charge is 0.481 e. The molecule has 7 nitrogen and oxygen atoms in total. The van der Waals surface area contributed by atoms with Crippen LogP contribution >= 0.6 is 0 Å². The van der Waals surface area contributed by atoms with Gasteiger partial charge in [-0.15, -0.1) is 0 Å². The third-order valence-electron chi connectivity index (χ3n) is 1.66. The first kappa shape index (κ1) is 14.8. The molecule has 0 saturated carbocycles. The molecule has 0 aromatic carbocycles. The minimum Gasteiger partial charge on any atom is -0.481 e. The summed E-state index contributed by atoms with van der Waals surface area (Å²) in [5.41, 5.74) is 0. The molecule has 94 valence electrons. The van der Waals surface area contributed by atoms with E-state index in [1.54, 1.807) is 0 Å². The summed E-state index contributed by atoms with van der Waals surface area (Å²) in [5.74, 6) is -2.14. The molecule has 0 saturated heterocycles. The molecule has 0 rings (SSSR count). The number of carbonyl (C=O) groups is 2. The maximum absolute atomic E-state index is 11.3. The number of ether oxygens (including phenoxy) is 1. The number of methoxy groups -OCH3 is 1. The van der Waals surface area contributed by atoms with Crippen LogP contribution in [0.1, 0.15) is 19.8 Å². The molecule has 0 aromatic heterocycles. The smallest absolute Gasteiger partial charge is 0.306 e. The molecule has 0 amide bonds. The molecule has 0 fully saturated rings. The fourth-order valence-corrected chi connectivity index (χ4v) is 2.24. The number of esters is 1. The van der Waals surface area contributed by atoms with Gasteiger partial charge in [0, 0.05) is 6.04 Å². The van der Waals surface area contributed by atoms with Crippen molar-refractivity contribution in [3.8, 4) is 0 Å². The molecule has 1 unspecified atom stereocenters. The maximum atomic E-state index is 11.3. The molecule has 0 bridgehead atoms. The van der Waals surface area contributed by atoms with Crippen LogP contribution in [-0.4, -0.2) is 44.4 Å². The van der Waals surface area contributed by atoms with E-state index in [1.165, 1.54) is 6.92 Å².